The lowest BCUT2D eigenvalue weighted by Gasteiger charge is -2.30. The highest BCUT2D eigenvalue weighted by Gasteiger charge is 2.33. The van der Waals surface area contributed by atoms with Gasteiger partial charge in [0.1, 0.15) is 6.61 Å². The summed E-state index contributed by atoms with van der Waals surface area (Å²) in [6.07, 6.45) is 6.62. The van der Waals surface area contributed by atoms with Crippen LogP contribution in [0.5, 0.6) is 23.0 Å². The van der Waals surface area contributed by atoms with Crippen LogP contribution in [-0.4, -0.2) is 100.0 Å². The zero-order valence-corrected chi connectivity index (χ0v) is 30.2. The Hall–Kier alpha value is -5.79. The standard InChI is InChI=1S/C39H45N5O9/c1-26-17-34(49-2)37(52-16-6-15-51-36-19-32-31(18-35(36)50-3)38(47)43-14-5-7-29(43)21-40-32)20-33(26)44(22-30-8-4-13-42(30)25-46)39(48)53-23-27-9-11-28(12-10-27)41-24-45/h9-12,17-21,24-25,29-30H,4-8,13-16,22-23H2,1-3H3,(H,41,45). The van der Waals surface area contributed by atoms with E-state index in [9.17, 15) is 19.2 Å². The van der Waals surface area contributed by atoms with E-state index in [0.717, 1.165) is 43.2 Å². The minimum Gasteiger partial charge on any atom is -0.493 e. The van der Waals surface area contributed by atoms with Gasteiger partial charge in [0.25, 0.3) is 5.91 Å². The number of fused-ring (bicyclic) bond motifs is 2. The highest BCUT2D eigenvalue weighted by molar-refractivity contribution is 6.03. The summed E-state index contributed by atoms with van der Waals surface area (Å²) < 4.78 is 29.3. The highest BCUT2D eigenvalue weighted by atomic mass is 16.6. The first kappa shape index (κ1) is 37.0. The molecule has 0 radical (unpaired) electrons. The Morgan fingerprint density at radius 2 is 1.66 bits per heavy atom. The van der Waals surface area contributed by atoms with E-state index in [0.29, 0.717) is 71.5 Å². The third kappa shape index (κ3) is 8.48. The SMILES string of the molecule is COc1cc2c(cc1OCCCOc1cc(N(CC3CCCN3C=O)C(=O)OCc3ccc(NC=O)cc3)c(C)cc1OC)N=CC1CCCN1C2=O. The van der Waals surface area contributed by atoms with Crippen molar-refractivity contribution in [1.29, 1.82) is 0 Å². The Balaban J connectivity index is 1.14. The summed E-state index contributed by atoms with van der Waals surface area (Å²) in [4.78, 5) is 59.2. The van der Waals surface area contributed by atoms with Gasteiger partial charge in [0, 0.05) is 56.1 Å². The number of aryl methyl sites for hydroxylation is 1. The summed E-state index contributed by atoms with van der Waals surface area (Å²) in [6, 6.07) is 13.8. The number of amides is 4. The number of aliphatic imine (C=N–C) groups is 1. The number of hydrogen-bond donors (Lipinski definition) is 1. The van der Waals surface area contributed by atoms with Crippen LogP contribution in [0.4, 0.5) is 21.9 Å². The number of rotatable bonds is 16. The molecule has 4 amide bonds. The zero-order valence-electron chi connectivity index (χ0n) is 30.2. The molecule has 6 rings (SSSR count). The van der Waals surface area contributed by atoms with E-state index in [1.54, 1.807) is 65.4 Å². The van der Waals surface area contributed by atoms with Crippen LogP contribution in [0.15, 0.2) is 53.5 Å². The van der Waals surface area contributed by atoms with Crippen LogP contribution in [0.2, 0.25) is 0 Å². The fourth-order valence-corrected chi connectivity index (χ4v) is 6.92. The number of carbonyl (C=O) groups is 4. The summed E-state index contributed by atoms with van der Waals surface area (Å²) in [6.45, 7) is 4.00. The summed E-state index contributed by atoms with van der Waals surface area (Å²) in [5.74, 6) is 1.80. The number of benzene rings is 3. The Morgan fingerprint density at radius 3 is 2.38 bits per heavy atom. The van der Waals surface area contributed by atoms with Crippen molar-refractivity contribution in [2.45, 2.75) is 57.7 Å². The smallest absolute Gasteiger partial charge is 0.414 e. The predicted molar refractivity (Wildman–Crippen MR) is 198 cm³/mol. The number of nitrogens with zero attached hydrogens (tertiary/aromatic N) is 4. The number of ether oxygens (including phenoxy) is 5. The van der Waals surface area contributed by atoms with Crippen molar-refractivity contribution in [2.75, 3.05) is 57.3 Å². The average Bonchev–Trinajstić information content (AvgIpc) is 3.82. The molecule has 280 valence electrons. The molecule has 2 fully saturated rings. The van der Waals surface area contributed by atoms with Gasteiger partial charge in [0.2, 0.25) is 12.8 Å². The van der Waals surface area contributed by atoms with Crippen LogP contribution < -0.4 is 29.2 Å². The lowest BCUT2D eigenvalue weighted by Crippen LogP contribution is -2.43. The molecule has 0 aromatic heterocycles. The van der Waals surface area contributed by atoms with Gasteiger partial charge in [-0.1, -0.05) is 12.1 Å². The minimum atomic E-state index is -0.577. The summed E-state index contributed by atoms with van der Waals surface area (Å²) in [7, 11) is 3.09. The molecule has 2 unspecified atom stereocenters. The Morgan fingerprint density at radius 1 is 0.943 bits per heavy atom. The molecule has 0 aliphatic carbocycles. The first-order chi connectivity index (χ1) is 25.8. The third-order valence-corrected chi connectivity index (χ3v) is 9.75. The maximum absolute atomic E-state index is 13.8. The second-order valence-electron chi connectivity index (χ2n) is 13.1. The first-order valence-electron chi connectivity index (χ1n) is 17.8. The minimum absolute atomic E-state index is 0.00442. The molecule has 3 aromatic carbocycles. The molecule has 0 bridgehead atoms. The van der Waals surface area contributed by atoms with Crippen LogP contribution in [0, 0.1) is 6.92 Å². The van der Waals surface area contributed by atoms with Crippen molar-refractivity contribution in [3.63, 3.8) is 0 Å². The summed E-state index contributed by atoms with van der Waals surface area (Å²) >= 11 is 0. The molecule has 1 N–H and O–H groups in total. The van der Waals surface area contributed by atoms with E-state index in [4.69, 9.17) is 23.7 Å². The van der Waals surface area contributed by atoms with Gasteiger partial charge >= 0.3 is 6.09 Å². The van der Waals surface area contributed by atoms with Crippen molar-refractivity contribution in [3.8, 4) is 23.0 Å². The largest absolute Gasteiger partial charge is 0.493 e. The molecule has 14 nitrogen and oxygen atoms in total. The number of methoxy groups -OCH3 is 2. The van der Waals surface area contributed by atoms with Gasteiger partial charge in [0.15, 0.2) is 23.0 Å². The molecule has 14 heteroatoms. The first-order valence-corrected chi connectivity index (χ1v) is 17.8. The zero-order chi connectivity index (χ0) is 37.3. The lowest BCUT2D eigenvalue weighted by molar-refractivity contribution is -0.118. The second-order valence-corrected chi connectivity index (χ2v) is 13.1. The molecule has 3 aliphatic rings. The molecule has 3 aliphatic heterocycles. The topological polar surface area (TPSA) is 149 Å². The Bertz CT molecular complexity index is 1830. The maximum Gasteiger partial charge on any atom is 0.414 e. The maximum atomic E-state index is 13.8. The quantitative estimate of drug-likeness (QED) is 0.149. The van der Waals surface area contributed by atoms with E-state index in [-0.39, 0.29) is 44.4 Å². The second kappa shape index (κ2) is 17.2. The molecule has 0 spiro atoms. The van der Waals surface area contributed by atoms with Gasteiger partial charge in [-0.3, -0.25) is 24.3 Å². The van der Waals surface area contributed by atoms with Gasteiger partial charge in [0.05, 0.1) is 50.4 Å². The number of carbonyl (C=O) groups excluding carboxylic acids is 4. The van der Waals surface area contributed by atoms with E-state index < -0.39 is 6.09 Å². The van der Waals surface area contributed by atoms with Crippen molar-refractivity contribution in [2.24, 2.45) is 4.99 Å². The van der Waals surface area contributed by atoms with Crippen LogP contribution in [0.3, 0.4) is 0 Å². The molecule has 2 atom stereocenters. The van der Waals surface area contributed by atoms with Gasteiger partial charge in [-0.2, -0.15) is 0 Å². The lowest BCUT2D eigenvalue weighted by atomic mass is 10.1. The molecule has 3 aromatic rings. The van der Waals surface area contributed by atoms with Crippen LogP contribution in [0.25, 0.3) is 0 Å². The van der Waals surface area contributed by atoms with E-state index in [1.807, 2.05) is 18.0 Å². The van der Waals surface area contributed by atoms with E-state index in [2.05, 4.69) is 10.3 Å². The monoisotopic (exact) mass is 727 g/mol. The summed E-state index contributed by atoms with van der Waals surface area (Å²) in [5.41, 5.74) is 3.73. The van der Waals surface area contributed by atoms with E-state index >= 15 is 0 Å². The average molecular weight is 728 g/mol. The molecular formula is C39H45N5O9. The van der Waals surface area contributed by atoms with Crippen LogP contribution in [-0.2, 0) is 20.9 Å². The molecular weight excluding hydrogens is 682 g/mol. The van der Waals surface area contributed by atoms with Gasteiger partial charge in [-0.15, -0.1) is 0 Å². The molecule has 3 heterocycles. The third-order valence-electron chi connectivity index (χ3n) is 9.75. The number of nitrogens with one attached hydrogen (secondary N) is 1. The van der Waals surface area contributed by atoms with E-state index in [1.165, 1.54) is 7.11 Å². The summed E-state index contributed by atoms with van der Waals surface area (Å²) in [5, 5.41) is 2.58. The fourth-order valence-electron chi connectivity index (χ4n) is 6.92. The highest BCUT2D eigenvalue weighted by Crippen LogP contribution is 2.39. The molecule has 0 saturated carbocycles. The Labute approximate surface area is 308 Å². The predicted octanol–water partition coefficient (Wildman–Crippen LogP) is 5.51. The number of hydrogen-bond acceptors (Lipinski definition) is 10. The van der Waals surface area contributed by atoms with Crippen molar-refractivity contribution in [1.82, 2.24) is 9.80 Å². The van der Waals surface area contributed by atoms with Crippen molar-refractivity contribution >= 4 is 48.1 Å². The van der Waals surface area contributed by atoms with Gasteiger partial charge < -0.3 is 38.8 Å². The molecule has 53 heavy (non-hydrogen) atoms. The Kier molecular flexibility index (Phi) is 12.0. The van der Waals surface area contributed by atoms with Crippen LogP contribution >= 0.6 is 0 Å². The van der Waals surface area contributed by atoms with Crippen LogP contribution in [0.1, 0.15) is 53.6 Å². The van der Waals surface area contributed by atoms with Crippen molar-refractivity contribution in [3.05, 3.63) is 65.2 Å². The normalized spacial score (nSPS) is 17.4. The van der Waals surface area contributed by atoms with Gasteiger partial charge in [-0.25, -0.2) is 4.79 Å². The van der Waals surface area contributed by atoms with Crippen molar-refractivity contribution < 1.29 is 42.9 Å². The number of anilines is 2. The van der Waals surface area contributed by atoms with Gasteiger partial charge in [-0.05, 0) is 68.0 Å². The molecule has 2 saturated heterocycles. The number of likely N-dealkylation sites (tertiary alicyclic amines) is 1. The fraction of sp³-hybridized carbons (Fsp3) is 0.410.